The van der Waals surface area contributed by atoms with Crippen molar-refractivity contribution >= 4 is 0 Å². The summed E-state index contributed by atoms with van der Waals surface area (Å²) in [6.45, 7) is 6.95. The first-order chi connectivity index (χ1) is 13.1. The molecule has 0 N–H and O–H groups in total. The Kier molecular flexibility index (Phi) is 5.11. The zero-order valence-corrected chi connectivity index (χ0v) is 16.4. The SMILES string of the molecule is Cc1nccn1CCC1CCCCN1Cc1nnc(-c2ccc(C)n2C)o1. The molecule has 0 spiro atoms. The molecule has 1 atom stereocenters. The summed E-state index contributed by atoms with van der Waals surface area (Å²) in [5.41, 5.74) is 2.15. The minimum absolute atomic E-state index is 0.549. The summed E-state index contributed by atoms with van der Waals surface area (Å²) in [5.74, 6) is 2.38. The number of piperidine rings is 1. The van der Waals surface area contributed by atoms with Gasteiger partial charge in [0, 0.05) is 37.7 Å². The molecule has 0 bridgehead atoms. The van der Waals surface area contributed by atoms with E-state index in [9.17, 15) is 0 Å². The third-order valence-electron chi connectivity index (χ3n) is 5.77. The summed E-state index contributed by atoms with van der Waals surface area (Å²) in [7, 11) is 2.02. The quantitative estimate of drug-likeness (QED) is 0.668. The van der Waals surface area contributed by atoms with E-state index in [1.807, 2.05) is 19.3 Å². The van der Waals surface area contributed by atoms with Gasteiger partial charge in [0.05, 0.1) is 6.54 Å². The molecule has 4 heterocycles. The number of imidazole rings is 1. The average Bonchev–Trinajstić information content (AvgIpc) is 3.37. The Morgan fingerprint density at radius 3 is 2.81 bits per heavy atom. The second kappa shape index (κ2) is 7.68. The molecule has 144 valence electrons. The van der Waals surface area contributed by atoms with Gasteiger partial charge in [0.15, 0.2) is 0 Å². The summed E-state index contributed by atoms with van der Waals surface area (Å²) in [4.78, 5) is 6.82. The summed E-state index contributed by atoms with van der Waals surface area (Å²) in [5, 5.41) is 8.58. The van der Waals surface area contributed by atoms with Gasteiger partial charge in [0.25, 0.3) is 5.89 Å². The highest BCUT2D eigenvalue weighted by Crippen LogP contribution is 2.24. The molecule has 3 aromatic heterocycles. The van der Waals surface area contributed by atoms with E-state index in [0.717, 1.165) is 37.6 Å². The highest BCUT2D eigenvalue weighted by molar-refractivity contribution is 5.48. The number of aryl methyl sites for hydroxylation is 3. The highest BCUT2D eigenvalue weighted by Gasteiger charge is 2.24. The van der Waals surface area contributed by atoms with Crippen molar-refractivity contribution in [1.82, 2.24) is 29.2 Å². The molecular weight excluding hydrogens is 340 g/mol. The lowest BCUT2D eigenvalue weighted by molar-refractivity contribution is 0.117. The molecule has 0 aromatic carbocycles. The molecule has 1 aliphatic rings. The fraction of sp³-hybridized carbons (Fsp3) is 0.550. The Balaban J connectivity index is 1.42. The van der Waals surface area contributed by atoms with E-state index in [-0.39, 0.29) is 0 Å². The van der Waals surface area contributed by atoms with Gasteiger partial charge in [-0.1, -0.05) is 6.42 Å². The van der Waals surface area contributed by atoms with E-state index in [4.69, 9.17) is 4.42 Å². The third kappa shape index (κ3) is 3.83. The first kappa shape index (κ1) is 18.0. The van der Waals surface area contributed by atoms with Crippen LogP contribution in [0.5, 0.6) is 0 Å². The number of aromatic nitrogens is 5. The lowest BCUT2D eigenvalue weighted by atomic mass is 9.99. The molecule has 1 unspecified atom stereocenters. The van der Waals surface area contributed by atoms with Gasteiger partial charge in [0.1, 0.15) is 11.5 Å². The minimum Gasteiger partial charge on any atom is -0.418 e. The molecule has 1 aliphatic heterocycles. The summed E-state index contributed by atoms with van der Waals surface area (Å²) >= 11 is 0. The fourth-order valence-electron chi connectivity index (χ4n) is 3.95. The van der Waals surface area contributed by atoms with Crippen LogP contribution in [0.25, 0.3) is 11.6 Å². The van der Waals surface area contributed by atoms with Gasteiger partial charge in [0.2, 0.25) is 5.89 Å². The van der Waals surface area contributed by atoms with E-state index in [1.54, 1.807) is 0 Å². The van der Waals surface area contributed by atoms with Crippen LogP contribution in [0.4, 0.5) is 0 Å². The van der Waals surface area contributed by atoms with Crippen molar-refractivity contribution in [3.05, 3.63) is 41.9 Å². The Morgan fingerprint density at radius 1 is 1.19 bits per heavy atom. The van der Waals surface area contributed by atoms with Gasteiger partial charge in [-0.3, -0.25) is 4.90 Å². The second-order valence-electron chi connectivity index (χ2n) is 7.50. The zero-order valence-electron chi connectivity index (χ0n) is 16.4. The maximum Gasteiger partial charge on any atom is 0.264 e. The molecule has 0 aliphatic carbocycles. The zero-order chi connectivity index (χ0) is 18.8. The predicted octanol–water partition coefficient (Wildman–Crippen LogP) is 3.33. The van der Waals surface area contributed by atoms with Crippen LogP contribution >= 0.6 is 0 Å². The van der Waals surface area contributed by atoms with Crippen LogP contribution in [0.2, 0.25) is 0 Å². The van der Waals surface area contributed by atoms with Crippen molar-refractivity contribution in [3.63, 3.8) is 0 Å². The van der Waals surface area contributed by atoms with E-state index in [2.05, 4.69) is 55.3 Å². The Labute approximate surface area is 160 Å². The van der Waals surface area contributed by atoms with Gasteiger partial charge in [-0.05, 0) is 51.8 Å². The van der Waals surface area contributed by atoms with Crippen molar-refractivity contribution in [1.29, 1.82) is 0 Å². The Bertz CT molecular complexity index is 892. The van der Waals surface area contributed by atoms with Gasteiger partial charge in [-0.25, -0.2) is 4.98 Å². The van der Waals surface area contributed by atoms with Crippen molar-refractivity contribution in [2.24, 2.45) is 7.05 Å². The smallest absolute Gasteiger partial charge is 0.264 e. The van der Waals surface area contributed by atoms with Crippen LogP contribution in [-0.4, -0.2) is 41.8 Å². The van der Waals surface area contributed by atoms with Crippen LogP contribution in [0.3, 0.4) is 0 Å². The molecule has 7 heteroatoms. The largest absolute Gasteiger partial charge is 0.418 e. The number of rotatable bonds is 6. The molecule has 1 fully saturated rings. The number of likely N-dealkylation sites (tertiary alicyclic amines) is 1. The molecule has 1 saturated heterocycles. The van der Waals surface area contributed by atoms with Gasteiger partial charge >= 0.3 is 0 Å². The van der Waals surface area contributed by atoms with E-state index < -0.39 is 0 Å². The molecule has 0 amide bonds. The topological polar surface area (TPSA) is 64.9 Å². The first-order valence-electron chi connectivity index (χ1n) is 9.78. The van der Waals surface area contributed by atoms with E-state index >= 15 is 0 Å². The van der Waals surface area contributed by atoms with Crippen molar-refractivity contribution in [2.45, 2.75) is 58.7 Å². The number of hydrogen-bond donors (Lipinski definition) is 0. The molecule has 4 rings (SSSR count). The molecule has 3 aromatic rings. The maximum absolute atomic E-state index is 5.98. The molecule has 0 saturated carbocycles. The number of hydrogen-bond acceptors (Lipinski definition) is 5. The van der Waals surface area contributed by atoms with Gasteiger partial charge in [-0.2, -0.15) is 0 Å². The van der Waals surface area contributed by atoms with E-state index in [1.165, 1.54) is 25.0 Å². The molecular formula is C20H28N6O. The predicted molar refractivity (Wildman–Crippen MR) is 103 cm³/mol. The van der Waals surface area contributed by atoms with Gasteiger partial charge in [-0.15, -0.1) is 10.2 Å². The maximum atomic E-state index is 5.98. The first-order valence-corrected chi connectivity index (χ1v) is 9.78. The third-order valence-corrected chi connectivity index (χ3v) is 5.77. The molecule has 7 nitrogen and oxygen atoms in total. The van der Waals surface area contributed by atoms with Crippen LogP contribution in [0.15, 0.2) is 28.9 Å². The fourth-order valence-corrected chi connectivity index (χ4v) is 3.95. The summed E-state index contributed by atoms with van der Waals surface area (Å²) in [6, 6.07) is 4.65. The molecule has 27 heavy (non-hydrogen) atoms. The number of nitrogens with zero attached hydrogens (tertiary/aromatic N) is 6. The van der Waals surface area contributed by atoms with Crippen LogP contribution in [0.1, 0.15) is 43.1 Å². The monoisotopic (exact) mass is 368 g/mol. The van der Waals surface area contributed by atoms with Gasteiger partial charge < -0.3 is 13.6 Å². The summed E-state index contributed by atoms with van der Waals surface area (Å²) < 4.78 is 10.3. The lowest BCUT2D eigenvalue weighted by Crippen LogP contribution is -2.39. The van der Waals surface area contributed by atoms with Crippen molar-refractivity contribution in [3.8, 4) is 11.6 Å². The van der Waals surface area contributed by atoms with Crippen LogP contribution < -0.4 is 0 Å². The normalized spacial score (nSPS) is 18.3. The lowest BCUT2D eigenvalue weighted by Gasteiger charge is -2.34. The minimum atomic E-state index is 0.549. The standard InChI is InChI=1S/C20H28N6O/c1-15-7-8-18(24(15)3)20-23-22-19(27-20)14-26-11-5-4-6-17(26)9-12-25-13-10-21-16(25)2/h7-8,10,13,17H,4-6,9,11-12,14H2,1-3H3. The Hall–Kier alpha value is -2.41. The summed E-state index contributed by atoms with van der Waals surface area (Å²) in [6.07, 6.45) is 8.81. The van der Waals surface area contributed by atoms with Crippen LogP contribution in [-0.2, 0) is 20.1 Å². The van der Waals surface area contributed by atoms with Crippen LogP contribution in [0, 0.1) is 13.8 Å². The van der Waals surface area contributed by atoms with Crippen molar-refractivity contribution < 1.29 is 4.42 Å². The molecule has 0 radical (unpaired) electrons. The highest BCUT2D eigenvalue weighted by atomic mass is 16.4. The average molecular weight is 368 g/mol. The van der Waals surface area contributed by atoms with E-state index in [0.29, 0.717) is 17.8 Å². The second-order valence-corrected chi connectivity index (χ2v) is 7.50. The Morgan fingerprint density at radius 2 is 2.07 bits per heavy atom. The van der Waals surface area contributed by atoms with Crippen molar-refractivity contribution in [2.75, 3.05) is 6.54 Å².